The molecule has 122 valence electrons. The summed E-state index contributed by atoms with van der Waals surface area (Å²) in [5.74, 6) is -0.769. The number of halogens is 2. The molecule has 3 aromatic rings. The van der Waals surface area contributed by atoms with Gasteiger partial charge in [-0.05, 0) is 67.6 Å². The zero-order chi connectivity index (χ0) is 17.2. The van der Waals surface area contributed by atoms with Crippen molar-refractivity contribution in [1.29, 1.82) is 0 Å². The lowest BCUT2D eigenvalue weighted by Gasteiger charge is -2.19. The van der Waals surface area contributed by atoms with Crippen molar-refractivity contribution < 1.29 is 13.3 Å². The first-order valence-electron chi connectivity index (χ1n) is 7.36. The highest BCUT2D eigenvalue weighted by molar-refractivity contribution is 8.62. The molecule has 24 heavy (non-hydrogen) atoms. The molecule has 0 aromatic heterocycles. The van der Waals surface area contributed by atoms with Crippen molar-refractivity contribution in [2.24, 2.45) is 0 Å². The smallest absolute Gasteiger partial charge is 0.199 e. The predicted octanol–water partition coefficient (Wildman–Crippen LogP) is 5.29. The second-order valence-electron chi connectivity index (χ2n) is 5.41. The Morgan fingerprint density at radius 2 is 1.12 bits per heavy atom. The van der Waals surface area contributed by atoms with Crippen molar-refractivity contribution in [3.05, 3.63) is 90.0 Å². The molecule has 0 radical (unpaired) electrons. The van der Waals surface area contributed by atoms with E-state index in [0.29, 0.717) is 10.6 Å². The Kier molecular flexibility index (Phi) is 4.88. The minimum atomic E-state index is -3.12. The summed E-state index contributed by atoms with van der Waals surface area (Å²) in [5, 5.41) is 1.06. The molecule has 0 N–H and O–H groups in total. The third-order valence-corrected chi connectivity index (χ3v) is 8.95. The first kappa shape index (κ1) is 16.9. The topological polar surface area (TPSA) is 17.1 Å². The third-order valence-electron chi connectivity index (χ3n) is 3.59. The van der Waals surface area contributed by atoms with Gasteiger partial charge in [0.05, 0.1) is 0 Å². The largest absolute Gasteiger partial charge is 0.302 e. The van der Waals surface area contributed by atoms with Crippen LogP contribution in [0.25, 0.3) is 0 Å². The summed E-state index contributed by atoms with van der Waals surface area (Å²) in [6, 6.07) is 19.0. The van der Waals surface area contributed by atoms with Gasteiger partial charge in [-0.25, -0.2) is 8.78 Å². The Balaban J connectivity index is 2.09. The third kappa shape index (κ3) is 3.61. The van der Waals surface area contributed by atoms with Crippen LogP contribution in [-0.2, 0) is 4.57 Å². The number of hydrogen-bond donors (Lipinski definition) is 0. The standard InChI is InChI=1S/C19H15F2OPS/c1-14-2-12-19(13-3-14)24-23(22,17-8-4-15(20)5-9-17)18-10-6-16(21)7-11-18/h2-13H,1H3. The SMILES string of the molecule is Cc1ccc(SP(=O)(c2ccc(F)cc2)c2ccc(F)cc2)cc1. The lowest BCUT2D eigenvalue weighted by molar-refractivity contribution is 0.595. The fourth-order valence-electron chi connectivity index (χ4n) is 2.28. The van der Waals surface area contributed by atoms with E-state index in [9.17, 15) is 13.3 Å². The summed E-state index contributed by atoms with van der Waals surface area (Å²) >= 11 is 1.23. The Morgan fingerprint density at radius 1 is 0.708 bits per heavy atom. The Bertz CT molecular complexity index is 825. The van der Waals surface area contributed by atoms with E-state index in [0.717, 1.165) is 10.5 Å². The van der Waals surface area contributed by atoms with Crippen LogP contribution in [0.1, 0.15) is 5.56 Å². The lowest BCUT2D eigenvalue weighted by Crippen LogP contribution is -2.13. The van der Waals surface area contributed by atoms with E-state index in [-0.39, 0.29) is 11.6 Å². The van der Waals surface area contributed by atoms with Crippen molar-refractivity contribution in [2.75, 3.05) is 0 Å². The highest BCUT2D eigenvalue weighted by Crippen LogP contribution is 2.59. The van der Waals surface area contributed by atoms with Crippen LogP contribution in [0.4, 0.5) is 8.78 Å². The van der Waals surface area contributed by atoms with Gasteiger partial charge in [-0.2, -0.15) is 0 Å². The summed E-state index contributed by atoms with van der Waals surface area (Å²) < 4.78 is 40.3. The lowest BCUT2D eigenvalue weighted by atomic mass is 10.2. The molecule has 0 aliphatic carbocycles. The van der Waals surface area contributed by atoms with Crippen molar-refractivity contribution in [2.45, 2.75) is 11.8 Å². The van der Waals surface area contributed by atoms with E-state index in [2.05, 4.69) is 0 Å². The summed E-state index contributed by atoms with van der Waals surface area (Å²) in [7, 11) is 0. The molecule has 0 unspecified atom stereocenters. The molecular weight excluding hydrogens is 345 g/mol. The average molecular weight is 360 g/mol. The van der Waals surface area contributed by atoms with Crippen molar-refractivity contribution in [3.63, 3.8) is 0 Å². The maximum Gasteiger partial charge on any atom is 0.199 e. The first-order valence-corrected chi connectivity index (χ1v) is 10.5. The molecule has 5 heteroatoms. The van der Waals surface area contributed by atoms with Crippen LogP contribution in [0.2, 0.25) is 0 Å². The number of benzene rings is 3. The van der Waals surface area contributed by atoms with Gasteiger partial charge in [-0.3, -0.25) is 0 Å². The highest BCUT2D eigenvalue weighted by Gasteiger charge is 2.29. The van der Waals surface area contributed by atoms with E-state index in [4.69, 9.17) is 0 Å². The van der Waals surface area contributed by atoms with E-state index in [1.165, 1.54) is 59.9 Å². The Morgan fingerprint density at radius 3 is 1.54 bits per heavy atom. The van der Waals surface area contributed by atoms with Crippen molar-refractivity contribution >= 4 is 28.3 Å². The van der Waals surface area contributed by atoms with Gasteiger partial charge >= 0.3 is 0 Å². The Labute approximate surface area is 143 Å². The molecule has 3 aromatic carbocycles. The highest BCUT2D eigenvalue weighted by atomic mass is 32.7. The second-order valence-corrected chi connectivity index (χ2v) is 10.3. The van der Waals surface area contributed by atoms with Gasteiger partial charge in [0.2, 0.25) is 0 Å². The zero-order valence-corrected chi connectivity index (χ0v) is 14.7. The normalized spacial score (nSPS) is 11.5. The summed E-state index contributed by atoms with van der Waals surface area (Å²) in [6.07, 6.45) is -3.12. The molecule has 0 spiro atoms. The minimum absolute atomic E-state index is 0.384. The zero-order valence-electron chi connectivity index (χ0n) is 12.9. The average Bonchev–Trinajstić information content (AvgIpc) is 2.58. The van der Waals surface area contributed by atoms with Crippen LogP contribution >= 0.6 is 17.7 Å². The van der Waals surface area contributed by atoms with Crippen LogP contribution in [0, 0.1) is 18.6 Å². The molecule has 0 atom stereocenters. The first-order chi connectivity index (χ1) is 11.5. The van der Waals surface area contributed by atoms with Gasteiger partial charge in [0.25, 0.3) is 0 Å². The van der Waals surface area contributed by atoms with Gasteiger partial charge in [0.1, 0.15) is 11.6 Å². The molecule has 1 nitrogen and oxygen atoms in total. The van der Waals surface area contributed by atoms with Crippen LogP contribution in [0.5, 0.6) is 0 Å². The van der Waals surface area contributed by atoms with E-state index in [1.54, 1.807) is 0 Å². The molecule has 0 fully saturated rings. The fraction of sp³-hybridized carbons (Fsp3) is 0.0526. The van der Waals surface area contributed by atoms with Crippen LogP contribution in [-0.4, -0.2) is 0 Å². The van der Waals surface area contributed by atoms with Crippen molar-refractivity contribution in [1.82, 2.24) is 0 Å². The monoisotopic (exact) mass is 360 g/mol. The second kappa shape index (κ2) is 6.92. The maximum absolute atomic E-state index is 13.8. The predicted molar refractivity (Wildman–Crippen MR) is 96.7 cm³/mol. The van der Waals surface area contributed by atoms with Crippen LogP contribution < -0.4 is 10.6 Å². The van der Waals surface area contributed by atoms with E-state index >= 15 is 0 Å². The van der Waals surface area contributed by atoms with Gasteiger partial charge < -0.3 is 4.57 Å². The van der Waals surface area contributed by atoms with E-state index in [1.807, 2.05) is 31.2 Å². The Hall–Kier alpha value is -1.90. The molecule has 0 aliphatic heterocycles. The number of rotatable bonds is 4. The molecule has 0 amide bonds. The molecule has 0 aliphatic rings. The molecule has 0 saturated heterocycles. The van der Waals surface area contributed by atoms with Gasteiger partial charge in [0.15, 0.2) is 6.34 Å². The van der Waals surface area contributed by atoms with E-state index < -0.39 is 6.34 Å². The maximum atomic E-state index is 13.8. The molecule has 0 heterocycles. The summed E-state index contributed by atoms with van der Waals surface area (Å²) in [6.45, 7) is 1.98. The molecule has 0 bridgehead atoms. The van der Waals surface area contributed by atoms with Crippen molar-refractivity contribution in [3.8, 4) is 0 Å². The molecule has 3 rings (SSSR count). The van der Waals surface area contributed by atoms with Gasteiger partial charge in [-0.1, -0.05) is 29.1 Å². The number of hydrogen-bond acceptors (Lipinski definition) is 2. The van der Waals surface area contributed by atoms with Gasteiger partial charge in [-0.15, -0.1) is 0 Å². The summed E-state index contributed by atoms with van der Waals surface area (Å²) in [4.78, 5) is 0.845. The van der Waals surface area contributed by atoms with Crippen LogP contribution in [0.3, 0.4) is 0 Å². The van der Waals surface area contributed by atoms with Crippen LogP contribution in [0.15, 0.2) is 77.7 Å². The quantitative estimate of drug-likeness (QED) is 0.588. The minimum Gasteiger partial charge on any atom is -0.302 e. The molecule has 0 saturated carbocycles. The fourth-order valence-corrected chi connectivity index (χ4v) is 7.04. The number of aryl methyl sites for hydroxylation is 1. The summed E-state index contributed by atoms with van der Waals surface area (Å²) in [5.41, 5.74) is 1.11. The molecular formula is C19H15F2OPS. The van der Waals surface area contributed by atoms with Gasteiger partial charge in [0, 0.05) is 15.5 Å².